The Morgan fingerprint density at radius 1 is 1.04 bits per heavy atom. The van der Waals surface area contributed by atoms with Gasteiger partial charge in [-0.15, -0.1) is 0 Å². The van der Waals surface area contributed by atoms with Crippen LogP contribution in [0.3, 0.4) is 0 Å². The third-order valence-corrected chi connectivity index (χ3v) is 4.03. The highest BCUT2D eigenvalue weighted by atomic mass is 19.4. The van der Waals surface area contributed by atoms with Gasteiger partial charge in [-0.2, -0.15) is 13.2 Å². The smallest absolute Gasteiger partial charge is 0.425 e. The standard InChI is InChI=1S/C19H19F5N2O2/c1-11-5-15(17(28-4)9-16(11)25-10-26(2)3)18(27,19(22,23)24)12-6-13(20)8-14(21)7-12/h5-10,27H,1-4H3/b25-10+. The average molecular weight is 402 g/mol. The Bertz CT molecular complexity index is 876. The van der Waals surface area contributed by atoms with Crippen LogP contribution in [-0.4, -0.2) is 43.7 Å². The molecule has 4 nitrogen and oxygen atoms in total. The van der Waals surface area contributed by atoms with Gasteiger partial charge in [-0.05, 0) is 30.7 Å². The molecule has 0 saturated heterocycles. The van der Waals surface area contributed by atoms with Crippen molar-refractivity contribution in [3.05, 3.63) is 58.7 Å². The highest BCUT2D eigenvalue weighted by Crippen LogP contribution is 2.48. The number of aliphatic imine (C=N–C) groups is 1. The van der Waals surface area contributed by atoms with Crippen LogP contribution in [0.4, 0.5) is 27.6 Å². The second-order valence-corrected chi connectivity index (χ2v) is 6.41. The first-order valence-electron chi connectivity index (χ1n) is 8.05. The summed E-state index contributed by atoms with van der Waals surface area (Å²) < 4.78 is 74.1. The highest BCUT2D eigenvalue weighted by Gasteiger charge is 2.58. The number of hydrogen-bond acceptors (Lipinski definition) is 3. The molecule has 0 heterocycles. The van der Waals surface area contributed by atoms with Crippen LogP contribution in [-0.2, 0) is 5.60 Å². The van der Waals surface area contributed by atoms with Crippen molar-refractivity contribution in [1.29, 1.82) is 0 Å². The van der Waals surface area contributed by atoms with Crippen molar-refractivity contribution in [1.82, 2.24) is 4.90 Å². The minimum absolute atomic E-state index is 0.299. The van der Waals surface area contributed by atoms with Crippen molar-refractivity contribution in [2.45, 2.75) is 18.7 Å². The van der Waals surface area contributed by atoms with Gasteiger partial charge in [-0.25, -0.2) is 13.8 Å². The van der Waals surface area contributed by atoms with Gasteiger partial charge < -0.3 is 14.7 Å². The topological polar surface area (TPSA) is 45.1 Å². The third kappa shape index (κ3) is 4.09. The molecule has 0 spiro atoms. The summed E-state index contributed by atoms with van der Waals surface area (Å²) >= 11 is 0. The molecule has 152 valence electrons. The first-order chi connectivity index (χ1) is 12.9. The van der Waals surface area contributed by atoms with Crippen LogP contribution in [0, 0.1) is 18.6 Å². The molecule has 1 atom stereocenters. The number of rotatable bonds is 5. The zero-order valence-corrected chi connectivity index (χ0v) is 15.6. The molecule has 2 aromatic carbocycles. The molecular formula is C19H19F5N2O2. The predicted octanol–water partition coefficient (Wildman–Crippen LogP) is 4.30. The molecule has 0 radical (unpaired) electrons. The minimum Gasteiger partial charge on any atom is -0.496 e. The van der Waals surface area contributed by atoms with E-state index in [2.05, 4.69) is 4.99 Å². The van der Waals surface area contributed by atoms with Crippen LogP contribution < -0.4 is 4.74 Å². The molecule has 0 aliphatic rings. The predicted molar refractivity (Wildman–Crippen MR) is 95.0 cm³/mol. The Labute approximate surface area is 158 Å². The van der Waals surface area contributed by atoms with Crippen LogP contribution >= 0.6 is 0 Å². The number of hydrogen-bond donors (Lipinski definition) is 1. The maximum atomic E-state index is 14.0. The van der Waals surface area contributed by atoms with Gasteiger partial charge in [-0.3, -0.25) is 0 Å². The Morgan fingerprint density at radius 3 is 2.07 bits per heavy atom. The molecule has 0 bridgehead atoms. The lowest BCUT2D eigenvalue weighted by Gasteiger charge is -2.33. The van der Waals surface area contributed by atoms with Crippen molar-refractivity contribution < 1.29 is 31.8 Å². The summed E-state index contributed by atoms with van der Waals surface area (Å²) in [4.78, 5) is 5.76. The van der Waals surface area contributed by atoms with E-state index in [1.54, 1.807) is 19.0 Å². The maximum Gasteiger partial charge on any atom is 0.425 e. The lowest BCUT2D eigenvalue weighted by molar-refractivity contribution is -0.248. The number of benzene rings is 2. The van der Waals surface area contributed by atoms with Gasteiger partial charge in [0.25, 0.3) is 0 Å². The summed E-state index contributed by atoms with van der Waals surface area (Å²) in [5.41, 5.74) is -4.79. The van der Waals surface area contributed by atoms with Gasteiger partial charge in [0.2, 0.25) is 5.60 Å². The molecule has 28 heavy (non-hydrogen) atoms. The number of methoxy groups -OCH3 is 1. The van der Waals surface area contributed by atoms with Crippen LogP contribution in [0.25, 0.3) is 0 Å². The summed E-state index contributed by atoms with van der Waals surface area (Å²) in [5, 5.41) is 10.7. The third-order valence-electron chi connectivity index (χ3n) is 4.03. The van der Waals surface area contributed by atoms with E-state index in [9.17, 15) is 27.1 Å². The first-order valence-corrected chi connectivity index (χ1v) is 8.05. The summed E-state index contributed by atoms with van der Waals surface area (Å²) in [7, 11) is 4.55. The molecule has 0 amide bonds. The van der Waals surface area contributed by atoms with E-state index in [4.69, 9.17) is 4.74 Å². The Balaban J connectivity index is 2.79. The summed E-state index contributed by atoms with van der Waals surface area (Å²) in [6.07, 6.45) is -3.85. The second-order valence-electron chi connectivity index (χ2n) is 6.41. The molecule has 0 aromatic heterocycles. The van der Waals surface area contributed by atoms with Gasteiger partial charge in [0.15, 0.2) is 0 Å². The number of alkyl halides is 3. The van der Waals surface area contributed by atoms with Gasteiger partial charge in [-0.1, -0.05) is 0 Å². The quantitative estimate of drug-likeness (QED) is 0.461. The molecule has 0 saturated carbocycles. The minimum atomic E-state index is -5.29. The fourth-order valence-corrected chi connectivity index (χ4v) is 2.68. The van der Waals surface area contributed by atoms with Crippen molar-refractivity contribution in [2.24, 2.45) is 4.99 Å². The first kappa shape index (κ1) is 21.6. The van der Waals surface area contributed by atoms with Crippen molar-refractivity contribution in [3.8, 4) is 5.75 Å². The summed E-state index contributed by atoms with van der Waals surface area (Å²) in [5.74, 6) is -2.83. The molecule has 2 rings (SSSR count). The number of aliphatic hydroxyl groups is 1. The molecule has 1 unspecified atom stereocenters. The Kier molecular flexibility index (Phi) is 5.98. The largest absolute Gasteiger partial charge is 0.496 e. The second kappa shape index (κ2) is 7.75. The number of nitrogens with zero attached hydrogens (tertiary/aromatic N) is 2. The van der Waals surface area contributed by atoms with Crippen LogP contribution in [0.5, 0.6) is 5.75 Å². The Morgan fingerprint density at radius 2 is 1.61 bits per heavy atom. The summed E-state index contributed by atoms with van der Waals surface area (Å²) in [6.45, 7) is 1.49. The molecule has 1 N–H and O–H groups in total. The van der Waals surface area contributed by atoms with Gasteiger partial charge in [0.05, 0.1) is 19.1 Å². The molecule has 2 aromatic rings. The van der Waals surface area contributed by atoms with E-state index in [1.807, 2.05) is 0 Å². The van der Waals surface area contributed by atoms with Crippen molar-refractivity contribution >= 4 is 12.0 Å². The lowest BCUT2D eigenvalue weighted by atomic mass is 9.84. The molecular weight excluding hydrogens is 383 g/mol. The maximum absolute atomic E-state index is 14.0. The monoisotopic (exact) mass is 402 g/mol. The van der Waals surface area contributed by atoms with Crippen molar-refractivity contribution in [2.75, 3.05) is 21.2 Å². The normalized spacial score (nSPS) is 14.2. The van der Waals surface area contributed by atoms with E-state index >= 15 is 0 Å². The van der Waals surface area contributed by atoms with E-state index < -0.39 is 34.5 Å². The number of aryl methyl sites for hydroxylation is 1. The zero-order valence-electron chi connectivity index (χ0n) is 15.6. The fraction of sp³-hybridized carbons (Fsp3) is 0.316. The van der Waals surface area contributed by atoms with Gasteiger partial charge in [0, 0.05) is 37.4 Å². The number of ether oxygens (including phenoxy) is 1. The molecule has 0 fully saturated rings. The summed E-state index contributed by atoms with van der Waals surface area (Å²) in [6, 6.07) is 3.54. The zero-order chi connectivity index (χ0) is 21.3. The molecule has 0 aliphatic carbocycles. The average Bonchev–Trinajstić information content (AvgIpc) is 2.57. The lowest BCUT2D eigenvalue weighted by Crippen LogP contribution is -2.43. The van der Waals surface area contributed by atoms with Crippen LogP contribution in [0.15, 0.2) is 35.3 Å². The van der Waals surface area contributed by atoms with Crippen LogP contribution in [0.1, 0.15) is 16.7 Å². The van der Waals surface area contributed by atoms with E-state index in [1.165, 1.54) is 19.3 Å². The molecule has 9 heteroatoms. The fourth-order valence-electron chi connectivity index (χ4n) is 2.68. The van der Waals surface area contributed by atoms with E-state index in [0.717, 1.165) is 13.2 Å². The van der Waals surface area contributed by atoms with E-state index in [0.29, 0.717) is 29.4 Å². The van der Waals surface area contributed by atoms with Gasteiger partial charge in [0.1, 0.15) is 17.4 Å². The highest BCUT2D eigenvalue weighted by molar-refractivity contribution is 5.65. The molecule has 0 aliphatic heterocycles. The SMILES string of the molecule is COc1cc(/N=C/N(C)C)c(C)cc1C(O)(c1cc(F)cc(F)c1)C(F)(F)F. The Hall–Kier alpha value is -2.68. The van der Waals surface area contributed by atoms with E-state index in [-0.39, 0.29) is 5.75 Å². The van der Waals surface area contributed by atoms with Crippen molar-refractivity contribution in [3.63, 3.8) is 0 Å². The number of halogens is 5. The van der Waals surface area contributed by atoms with Gasteiger partial charge >= 0.3 is 6.18 Å². The van der Waals surface area contributed by atoms with Crippen LogP contribution in [0.2, 0.25) is 0 Å².